The molecule has 3 nitrogen and oxygen atoms in total. The fraction of sp³-hybridized carbons (Fsp3) is 0.611. The monoisotopic (exact) mass is 289 g/mol. The van der Waals surface area contributed by atoms with Gasteiger partial charge in [-0.05, 0) is 62.8 Å². The van der Waals surface area contributed by atoms with Crippen LogP contribution in [0.15, 0.2) is 12.1 Å². The van der Waals surface area contributed by atoms with Gasteiger partial charge in [-0.2, -0.15) is 0 Å². The van der Waals surface area contributed by atoms with Crippen molar-refractivity contribution < 1.29 is 9.53 Å². The number of benzene rings is 1. The highest BCUT2D eigenvalue weighted by Gasteiger charge is 2.28. The van der Waals surface area contributed by atoms with E-state index in [0.29, 0.717) is 12.6 Å². The quantitative estimate of drug-likeness (QED) is 0.839. The number of ether oxygens (including phenoxy) is 1. The minimum absolute atomic E-state index is 0.157. The van der Waals surface area contributed by atoms with Crippen LogP contribution < -0.4 is 5.32 Å². The van der Waals surface area contributed by atoms with Gasteiger partial charge in [-0.25, -0.2) is 4.79 Å². The summed E-state index contributed by atoms with van der Waals surface area (Å²) in [6.45, 7) is 8.56. The third-order valence-corrected chi connectivity index (χ3v) is 4.47. The van der Waals surface area contributed by atoms with Crippen LogP contribution in [0.25, 0.3) is 0 Å². The number of esters is 1. The molecule has 0 aliphatic heterocycles. The normalized spacial score (nSPS) is 17.0. The van der Waals surface area contributed by atoms with E-state index in [1.165, 1.54) is 24.0 Å². The Balaban J connectivity index is 2.29. The molecule has 0 radical (unpaired) electrons. The van der Waals surface area contributed by atoms with Crippen LogP contribution in [0.5, 0.6) is 0 Å². The summed E-state index contributed by atoms with van der Waals surface area (Å²) in [6, 6.07) is 4.38. The lowest BCUT2D eigenvalue weighted by atomic mass is 9.95. The van der Waals surface area contributed by atoms with Gasteiger partial charge in [0.25, 0.3) is 0 Å². The molecule has 1 aromatic rings. The van der Waals surface area contributed by atoms with E-state index in [-0.39, 0.29) is 12.0 Å². The average molecular weight is 289 g/mol. The molecular weight excluding hydrogens is 262 g/mol. The van der Waals surface area contributed by atoms with Crippen molar-refractivity contribution in [3.05, 3.63) is 34.4 Å². The molecule has 0 saturated heterocycles. The third-order valence-electron chi connectivity index (χ3n) is 4.47. The standard InChI is InChI=1S/C18H27NO2/c1-5-21-18(20)17(19-15-8-6-7-9-15)16-11-13(3)12(2)10-14(16)4/h10-11,15,17,19H,5-9H2,1-4H3. The van der Waals surface area contributed by atoms with Gasteiger partial charge in [0.1, 0.15) is 6.04 Å². The molecule has 116 valence electrons. The highest BCUT2D eigenvalue weighted by atomic mass is 16.5. The third kappa shape index (κ3) is 3.85. The van der Waals surface area contributed by atoms with Crippen molar-refractivity contribution in [1.82, 2.24) is 5.32 Å². The zero-order chi connectivity index (χ0) is 15.4. The first-order valence-corrected chi connectivity index (χ1v) is 8.03. The van der Waals surface area contributed by atoms with Crippen molar-refractivity contribution in [3.8, 4) is 0 Å². The predicted molar refractivity (Wildman–Crippen MR) is 85.4 cm³/mol. The van der Waals surface area contributed by atoms with Gasteiger partial charge in [-0.3, -0.25) is 5.32 Å². The van der Waals surface area contributed by atoms with E-state index in [1.807, 2.05) is 6.92 Å². The van der Waals surface area contributed by atoms with Crippen LogP contribution in [-0.2, 0) is 9.53 Å². The van der Waals surface area contributed by atoms with Crippen molar-refractivity contribution in [1.29, 1.82) is 0 Å². The Bertz CT molecular complexity index is 504. The summed E-state index contributed by atoms with van der Waals surface area (Å²) in [7, 11) is 0. The summed E-state index contributed by atoms with van der Waals surface area (Å²) >= 11 is 0. The maximum Gasteiger partial charge on any atom is 0.327 e. The lowest BCUT2D eigenvalue weighted by Crippen LogP contribution is -2.37. The zero-order valence-electron chi connectivity index (χ0n) is 13.7. The SMILES string of the molecule is CCOC(=O)C(NC1CCCC1)c1cc(C)c(C)cc1C. The Morgan fingerprint density at radius 2 is 1.81 bits per heavy atom. The minimum atomic E-state index is -0.340. The van der Waals surface area contributed by atoms with Crippen molar-refractivity contribution >= 4 is 5.97 Å². The van der Waals surface area contributed by atoms with Gasteiger partial charge in [-0.1, -0.05) is 25.0 Å². The topological polar surface area (TPSA) is 38.3 Å². The molecule has 2 rings (SSSR count). The van der Waals surface area contributed by atoms with E-state index in [2.05, 4.69) is 38.2 Å². The second-order valence-corrected chi connectivity index (χ2v) is 6.13. The summed E-state index contributed by atoms with van der Waals surface area (Å²) < 4.78 is 5.29. The molecule has 0 bridgehead atoms. The fourth-order valence-electron chi connectivity index (χ4n) is 3.13. The molecule has 0 heterocycles. The highest BCUT2D eigenvalue weighted by Crippen LogP contribution is 2.26. The number of hydrogen-bond donors (Lipinski definition) is 1. The maximum atomic E-state index is 12.4. The number of aryl methyl sites for hydroxylation is 3. The van der Waals surface area contributed by atoms with Crippen molar-refractivity contribution in [2.45, 2.75) is 65.5 Å². The Morgan fingerprint density at radius 3 is 2.43 bits per heavy atom. The summed E-state index contributed by atoms with van der Waals surface area (Å²) in [4.78, 5) is 12.4. The Labute approximate surface area is 128 Å². The van der Waals surface area contributed by atoms with Gasteiger partial charge in [0, 0.05) is 6.04 Å². The smallest absolute Gasteiger partial charge is 0.327 e. The van der Waals surface area contributed by atoms with E-state index in [0.717, 1.165) is 24.0 Å². The molecule has 1 aliphatic carbocycles. The van der Waals surface area contributed by atoms with Gasteiger partial charge in [0.2, 0.25) is 0 Å². The molecule has 0 amide bonds. The van der Waals surface area contributed by atoms with E-state index < -0.39 is 0 Å². The van der Waals surface area contributed by atoms with E-state index in [4.69, 9.17) is 4.74 Å². The number of rotatable bonds is 5. The zero-order valence-corrected chi connectivity index (χ0v) is 13.7. The molecule has 1 N–H and O–H groups in total. The van der Waals surface area contributed by atoms with Crippen molar-refractivity contribution in [3.63, 3.8) is 0 Å². The molecule has 21 heavy (non-hydrogen) atoms. The van der Waals surface area contributed by atoms with Crippen LogP contribution in [0.3, 0.4) is 0 Å². The number of hydrogen-bond acceptors (Lipinski definition) is 3. The Kier molecular flexibility index (Phi) is 5.40. The molecule has 1 aliphatic rings. The Morgan fingerprint density at radius 1 is 1.19 bits per heavy atom. The van der Waals surface area contributed by atoms with Gasteiger partial charge in [0.15, 0.2) is 0 Å². The molecule has 1 saturated carbocycles. The second-order valence-electron chi connectivity index (χ2n) is 6.13. The number of carbonyl (C=O) groups is 1. The molecule has 1 atom stereocenters. The van der Waals surface area contributed by atoms with Crippen molar-refractivity contribution in [2.24, 2.45) is 0 Å². The van der Waals surface area contributed by atoms with Gasteiger partial charge in [0.05, 0.1) is 6.61 Å². The van der Waals surface area contributed by atoms with Crippen LogP contribution in [0.1, 0.15) is 60.9 Å². The van der Waals surface area contributed by atoms with Crippen LogP contribution in [0, 0.1) is 20.8 Å². The first-order valence-electron chi connectivity index (χ1n) is 8.03. The lowest BCUT2D eigenvalue weighted by Gasteiger charge is -2.24. The van der Waals surface area contributed by atoms with Gasteiger partial charge < -0.3 is 4.74 Å². The highest BCUT2D eigenvalue weighted by molar-refractivity contribution is 5.78. The minimum Gasteiger partial charge on any atom is -0.465 e. The molecule has 1 unspecified atom stereocenters. The van der Waals surface area contributed by atoms with Crippen LogP contribution in [-0.4, -0.2) is 18.6 Å². The molecule has 3 heteroatoms. The van der Waals surface area contributed by atoms with Crippen LogP contribution >= 0.6 is 0 Å². The summed E-state index contributed by atoms with van der Waals surface area (Å²) in [5, 5.41) is 3.53. The molecule has 0 aromatic heterocycles. The van der Waals surface area contributed by atoms with Crippen LogP contribution in [0.2, 0.25) is 0 Å². The molecule has 0 spiro atoms. The average Bonchev–Trinajstić information content (AvgIpc) is 2.94. The summed E-state index contributed by atoms with van der Waals surface area (Å²) in [5.74, 6) is -0.157. The Hall–Kier alpha value is -1.35. The van der Waals surface area contributed by atoms with E-state index in [9.17, 15) is 4.79 Å². The lowest BCUT2D eigenvalue weighted by molar-refractivity contribution is -0.146. The van der Waals surface area contributed by atoms with E-state index >= 15 is 0 Å². The maximum absolute atomic E-state index is 12.4. The summed E-state index contributed by atoms with van der Waals surface area (Å²) in [5.41, 5.74) is 4.70. The largest absolute Gasteiger partial charge is 0.465 e. The van der Waals surface area contributed by atoms with Crippen LogP contribution in [0.4, 0.5) is 0 Å². The second kappa shape index (κ2) is 7.08. The molecule has 1 aromatic carbocycles. The number of carbonyl (C=O) groups excluding carboxylic acids is 1. The molecule has 1 fully saturated rings. The van der Waals surface area contributed by atoms with Gasteiger partial charge in [-0.15, -0.1) is 0 Å². The predicted octanol–water partition coefficient (Wildman–Crippen LogP) is 3.75. The first-order chi connectivity index (χ1) is 10.0. The summed E-state index contributed by atoms with van der Waals surface area (Å²) in [6.07, 6.45) is 4.80. The van der Waals surface area contributed by atoms with Gasteiger partial charge >= 0.3 is 5.97 Å². The first kappa shape index (κ1) is 16.0. The fourth-order valence-corrected chi connectivity index (χ4v) is 3.13. The molecular formula is C18H27NO2. The van der Waals surface area contributed by atoms with E-state index in [1.54, 1.807) is 0 Å². The van der Waals surface area contributed by atoms with Crippen molar-refractivity contribution in [2.75, 3.05) is 6.61 Å². The number of nitrogens with one attached hydrogen (secondary N) is 1.